The van der Waals surface area contributed by atoms with E-state index in [1.807, 2.05) is 0 Å². The molecule has 112 valence electrons. The van der Waals surface area contributed by atoms with Gasteiger partial charge in [0.05, 0.1) is 5.02 Å². The lowest BCUT2D eigenvalue weighted by atomic mass is 10.2. The summed E-state index contributed by atoms with van der Waals surface area (Å²) in [5.74, 6) is 0.0822. The molecule has 0 aromatic heterocycles. The number of hydrogen-bond donors (Lipinski definition) is 2. The summed E-state index contributed by atoms with van der Waals surface area (Å²) >= 11 is 5.79. The fourth-order valence-corrected chi connectivity index (χ4v) is 2.07. The summed E-state index contributed by atoms with van der Waals surface area (Å²) in [6, 6.07) is 3.78. The zero-order chi connectivity index (χ0) is 13.8. The first kappa shape index (κ1) is 17.0. The molecule has 2 rings (SSSR count). The highest BCUT2D eigenvalue weighted by molar-refractivity contribution is 6.32. The minimum absolute atomic E-state index is 0. The number of benzene rings is 1. The van der Waals surface area contributed by atoms with Crippen LogP contribution in [0.2, 0.25) is 5.02 Å². The number of amides is 1. The van der Waals surface area contributed by atoms with Crippen molar-refractivity contribution in [2.75, 3.05) is 13.2 Å². The van der Waals surface area contributed by atoms with Crippen LogP contribution >= 0.6 is 24.0 Å². The summed E-state index contributed by atoms with van der Waals surface area (Å²) in [6.45, 7) is 0.266. The predicted molar refractivity (Wildman–Crippen MR) is 77.9 cm³/mol. The lowest BCUT2D eigenvalue weighted by molar-refractivity contribution is -0.123. The Kier molecular flexibility index (Phi) is 6.52. The molecule has 0 spiro atoms. The van der Waals surface area contributed by atoms with Crippen molar-refractivity contribution < 1.29 is 13.9 Å². The second kappa shape index (κ2) is 7.67. The van der Waals surface area contributed by atoms with Crippen molar-refractivity contribution >= 4 is 29.9 Å². The summed E-state index contributed by atoms with van der Waals surface area (Å²) in [5.41, 5.74) is 5.59. The topological polar surface area (TPSA) is 64.3 Å². The summed E-state index contributed by atoms with van der Waals surface area (Å²) < 4.78 is 18.1. The molecule has 1 amide bonds. The molecular formula is C13H17Cl2FN2O2. The second-order valence-corrected chi connectivity index (χ2v) is 5.02. The highest BCUT2D eigenvalue weighted by Crippen LogP contribution is 2.32. The van der Waals surface area contributed by atoms with Gasteiger partial charge in [0.2, 0.25) is 0 Å². The monoisotopic (exact) mass is 322 g/mol. The van der Waals surface area contributed by atoms with E-state index in [-0.39, 0.29) is 41.7 Å². The molecule has 0 aliphatic heterocycles. The molecule has 7 heteroatoms. The maximum Gasteiger partial charge on any atom is 0.258 e. The Morgan fingerprint density at radius 1 is 1.55 bits per heavy atom. The molecule has 0 radical (unpaired) electrons. The van der Waals surface area contributed by atoms with Gasteiger partial charge in [0, 0.05) is 12.6 Å². The van der Waals surface area contributed by atoms with Gasteiger partial charge in [-0.3, -0.25) is 4.79 Å². The summed E-state index contributed by atoms with van der Waals surface area (Å²) in [5, 5.41) is 2.97. The van der Waals surface area contributed by atoms with E-state index in [1.54, 1.807) is 0 Å². The van der Waals surface area contributed by atoms with Crippen LogP contribution in [0.15, 0.2) is 18.2 Å². The van der Waals surface area contributed by atoms with Gasteiger partial charge >= 0.3 is 0 Å². The van der Waals surface area contributed by atoms with E-state index in [4.69, 9.17) is 22.1 Å². The molecule has 3 N–H and O–H groups in total. The van der Waals surface area contributed by atoms with Crippen molar-refractivity contribution in [3.63, 3.8) is 0 Å². The lowest BCUT2D eigenvalue weighted by Crippen LogP contribution is -2.43. The molecule has 4 nitrogen and oxygen atoms in total. The Labute approximate surface area is 128 Å². The van der Waals surface area contributed by atoms with Gasteiger partial charge in [-0.15, -0.1) is 12.4 Å². The highest BCUT2D eigenvalue weighted by atomic mass is 35.5. The van der Waals surface area contributed by atoms with Crippen molar-refractivity contribution in [1.29, 1.82) is 0 Å². The predicted octanol–water partition coefficient (Wildman–Crippen LogP) is 2.13. The molecule has 1 aromatic rings. The fourth-order valence-electron chi connectivity index (χ4n) is 1.85. The van der Waals surface area contributed by atoms with Crippen LogP contribution in [-0.4, -0.2) is 25.1 Å². The maximum absolute atomic E-state index is 12.8. The summed E-state index contributed by atoms with van der Waals surface area (Å²) in [6.07, 6.45) is 2.21. The first-order valence-electron chi connectivity index (χ1n) is 6.17. The standard InChI is InChI=1S/C13H16ClFN2O2.ClH/c14-10-5-9(15)3-4-12(10)19-7-13(18)17-11(6-16)8-1-2-8;/h3-5,8,11H,1-2,6-7,16H2,(H,17,18);1H. The van der Waals surface area contributed by atoms with Gasteiger partial charge < -0.3 is 15.8 Å². The van der Waals surface area contributed by atoms with Gasteiger partial charge in [0.1, 0.15) is 11.6 Å². The van der Waals surface area contributed by atoms with E-state index in [0.29, 0.717) is 12.5 Å². The molecule has 1 unspecified atom stereocenters. The fraction of sp³-hybridized carbons (Fsp3) is 0.462. The van der Waals surface area contributed by atoms with Crippen LogP contribution in [-0.2, 0) is 4.79 Å². The minimum atomic E-state index is -0.446. The van der Waals surface area contributed by atoms with Crippen LogP contribution in [0.25, 0.3) is 0 Å². The first-order chi connectivity index (χ1) is 9.10. The number of hydrogen-bond acceptors (Lipinski definition) is 3. The highest BCUT2D eigenvalue weighted by Gasteiger charge is 2.31. The molecule has 0 saturated heterocycles. The van der Waals surface area contributed by atoms with Crippen molar-refractivity contribution in [3.8, 4) is 5.75 Å². The number of carbonyl (C=O) groups excluding carboxylic acids is 1. The summed E-state index contributed by atoms with van der Waals surface area (Å²) in [7, 11) is 0. The van der Waals surface area contributed by atoms with E-state index in [0.717, 1.165) is 18.9 Å². The number of rotatable bonds is 6. The molecule has 1 aliphatic carbocycles. The Morgan fingerprint density at radius 3 is 2.80 bits per heavy atom. The number of carbonyl (C=O) groups is 1. The van der Waals surface area contributed by atoms with Crippen LogP contribution in [0.5, 0.6) is 5.75 Å². The van der Waals surface area contributed by atoms with Gasteiger partial charge in [-0.25, -0.2) is 4.39 Å². The van der Waals surface area contributed by atoms with Crippen molar-refractivity contribution in [3.05, 3.63) is 29.0 Å². The van der Waals surface area contributed by atoms with Gasteiger partial charge in [0.15, 0.2) is 6.61 Å². The van der Waals surface area contributed by atoms with E-state index in [2.05, 4.69) is 5.32 Å². The first-order valence-corrected chi connectivity index (χ1v) is 6.55. The molecule has 1 atom stereocenters. The van der Waals surface area contributed by atoms with E-state index >= 15 is 0 Å². The van der Waals surface area contributed by atoms with Crippen LogP contribution in [0, 0.1) is 11.7 Å². The average molecular weight is 323 g/mol. The van der Waals surface area contributed by atoms with Crippen LogP contribution in [0.3, 0.4) is 0 Å². The van der Waals surface area contributed by atoms with Crippen LogP contribution in [0.4, 0.5) is 4.39 Å². The third-order valence-corrected chi connectivity index (χ3v) is 3.34. The number of ether oxygens (including phenoxy) is 1. The molecule has 0 heterocycles. The van der Waals surface area contributed by atoms with Crippen LogP contribution < -0.4 is 15.8 Å². The van der Waals surface area contributed by atoms with Crippen molar-refractivity contribution in [2.24, 2.45) is 11.7 Å². The molecule has 20 heavy (non-hydrogen) atoms. The molecule has 1 saturated carbocycles. The normalized spacial score (nSPS) is 15.2. The smallest absolute Gasteiger partial charge is 0.258 e. The Bertz CT molecular complexity index is 470. The minimum Gasteiger partial charge on any atom is -0.482 e. The van der Waals surface area contributed by atoms with E-state index in [1.165, 1.54) is 12.1 Å². The van der Waals surface area contributed by atoms with E-state index in [9.17, 15) is 9.18 Å². The Hall–Kier alpha value is -1.04. The van der Waals surface area contributed by atoms with Crippen LogP contribution in [0.1, 0.15) is 12.8 Å². The van der Waals surface area contributed by atoms with Crippen molar-refractivity contribution in [1.82, 2.24) is 5.32 Å². The quantitative estimate of drug-likeness (QED) is 0.843. The number of nitrogens with one attached hydrogen (secondary N) is 1. The number of nitrogens with two attached hydrogens (primary N) is 1. The van der Waals surface area contributed by atoms with Crippen molar-refractivity contribution in [2.45, 2.75) is 18.9 Å². The van der Waals surface area contributed by atoms with Gasteiger partial charge in [0.25, 0.3) is 5.91 Å². The van der Waals surface area contributed by atoms with E-state index < -0.39 is 5.82 Å². The summed E-state index contributed by atoms with van der Waals surface area (Å²) in [4.78, 5) is 11.7. The Morgan fingerprint density at radius 2 is 2.25 bits per heavy atom. The molecule has 1 aromatic carbocycles. The number of halogens is 3. The average Bonchev–Trinajstić information content (AvgIpc) is 3.19. The lowest BCUT2D eigenvalue weighted by Gasteiger charge is -2.16. The molecule has 0 bridgehead atoms. The zero-order valence-electron chi connectivity index (χ0n) is 10.8. The third kappa shape index (κ3) is 4.81. The molecular weight excluding hydrogens is 306 g/mol. The molecule has 1 fully saturated rings. The largest absolute Gasteiger partial charge is 0.482 e. The van der Waals surface area contributed by atoms with Gasteiger partial charge in [-0.1, -0.05) is 11.6 Å². The van der Waals surface area contributed by atoms with Gasteiger partial charge in [-0.2, -0.15) is 0 Å². The maximum atomic E-state index is 12.8. The second-order valence-electron chi connectivity index (χ2n) is 4.61. The molecule has 1 aliphatic rings. The zero-order valence-corrected chi connectivity index (χ0v) is 12.3. The van der Waals surface area contributed by atoms with Gasteiger partial charge in [-0.05, 0) is 37.0 Å². The third-order valence-electron chi connectivity index (χ3n) is 3.04. The SMILES string of the molecule is Cl.NCC(NC(=O)COc1ccc(F)cc1Cl)C1CC1. The Balaban J connectivity index is 0.00000200.